The molecule has 0 spiro atoms. The Hall–Kier alpha value is -0.870. The van der Waals surface area contributed by atoms with Gasteiger partial charge in [0.25, 0.3) is 5.91 Å². The summed E-state index contributed by atoms with van der Waals surface area (Å²) in [5, 5.41) is 5.25. The summed E-state index contributed by atoms with van der Waals surface area (Å²) in [6.45, 7) is 3.93. The second-order valence-electron chi connectivity index (χ2n) is 4.00. The molecule has 0 radical (unpaired) electrons. The minimum absolute atomic E-state index is 0.163. The van der Waals surface area contributed by atoms with Crippen LogP contribution in [0.2, 0.25) is 0 Å². The Morgan fingerprint density at radius 2 is 2.47 bits per heavy atom. The monoisotopic (exact) mass is 224 g/mol. The van der Waals surface area contributed by atoms with E-state index in [9.17, 15) is 4.79 Å². The Bertz CT molecular complexity index is 355. The number of amides is 1. The molecule has 1 aliphatic rings. The fourth-order valence-electron chi connectivity index (χ4n) is 1.89. The SMILES string of the molecule is Cc1ccsc1C(=O)N(C)C1CCNC1. The zero-order valence-corrected chi connectivity index (χ0v) is 9.93. The molecule has 1 saturated heterocycles. The third-order valence-electron chi connectivity index (χ3n) is 2.96. The lowest BCUT2D eigenvalue weighted by Crippen LogP contribution is -2.38. The average Bonchev–Trinajstić information content (AvgIpc) is 2.85. The van der Waals surface area contributed by atoms with E-state index in [2.05, 4.69) is 5.32 Å². The van der Waals surface area contributed by atoms with Crippen molar-refractivity contribution in [2.45, 2.75) is 19.4 Å². The van der Waals surface area contributed by atoms with Gasteiger partial charge in [-0.15, -0.1) is 11.3 Å². The molecule has 0 aliphatic carbocycles. The van der Waals surface area contributed by atoms with Crippen LogP contribution in [0.4, 0.5) is 0 Å². The maximum atomic E-state index is 12.1. The summed E-state index contributed by atoms with van der Waals surface area (Å²) in [6, 6.07) is 2.36. The Kier molecular flexibility index (Phi) is 3.07. The number of carbonyl (C=O) groups is 1. The number of hydrogen-bond donors (Lipinski definition) is 1. The van der Waals surface area contributed by atoms with E-state index in [1.165, 1.54) is 11.3 Å². The van der Waals surface area contributed by atoms with Gasteiger partial charge in [-0.2, -0.15) is 0 Å². The molecular formula is C11H16N2OS. The number of aryl methyl sites for hydroxylation is 1. The highest BCUT2D eigenvalue weighted by atomic mass is 32.1. The van der Waals surface area contributed by atoms with E-state index in [-0.39, 0.29) is 5.91 Å². The number of carbonyl (C=O) groups excluding carboxylic acids is 1. The molecule has 0 bridgehead atoms. The van der Waals surface area contributed by atoms with Crippen LogP contribution in [-0.4, -0.2) is 37.0 Å². The number of likely N-dealkylation sites (N-methyl/N-ethyl adjacent to an activating group) is 1. The standard InChI is InChI=1S/C11H16N2OS/c1-8-4-6-15-10(8)11(14)13(2)9-3-5-12-7-9/h4,6,9,12H,3,5,7H2,1-2H3. The maximum absolute atomic E-state index is 12.1. The van der Waals surface area contributed by atoms with E-state index < -0.39 is 0 Å². The molecule has 82 valence electrons. The quantitative estimate of drug-likeness (QED) is 0.825. The fraction of sp³-hybridized carbons (Fsp3) is 0.545. The Labute approximate surface area is 94.1 Å². The second-order valence-corrected chi connectivity index (χ2v) is 4.91. The van der Waals surface area contributed by atoms with Gasteiger partial charge in [0, 0.05) is 19.6 Å². The molecule has 1 aromatic rings. The zero-order chi connectivity index (χ0) is 10.8. The van der Waals surface area contributed by atoms with Crippen molar-refractivity contribution in [1.29, 1.82) is 0 Å². The van der Waals surface area contributed by atoms with Gasteiger partial charge in [0.15, 0.2) is 0 Å². The summed E-state index contributed by atoms with van der Waals surface area (Å²) in [7, 11) is 1.90. The molecule has 15 heavy (non-hydrogen) atoms. The van der Waals surface area contributed by atoms with Crippen LogP contribution in [0, 0.1) is 6.92 Å². The molecule has 1 unspecified atom stereocenters. The van der Waals surface area contributed by atoms with Crippen LogP contribution in [0.3, 0.4) is 0 Å². The van der Waals surface area contributed by atoms with Gasteiger partial charge in [-0.25, -0.2) is 0 Å². The Morgan fingerprint density at radius 3 is 3.00 bits per heavy atom. The van der Waals surface area contributed by atoms with Crippen LogP contribution < -0.4 is 5.32 Å². The van der Waals surface area contributed by atoms with Crippen LogP contribution in [0.25, 0.3) is 0 Å². The van der Waals surface area contributed by atoms with Crippen molar-refractivity contribution >= 4 is 17.2 Å². The van der Waals surface area contributed by atoms with Gasteiger partial charge in [0.2, 0.25) is 0 Å². The van der Waals surface area contributed by atoms with Crippen molar-refractivity contribution in [2.24, 2.45) is 0 Å². The predicted octanol–water partition coefficient (Wildman–Crippen LogP) is 1.49. The third-order valence-corrected chi connectivity index (χ3v) is 3.96. The van der Waals surface area contributed by atoms with Crippen LogP contribution in [0.5, 0.6) is 0 Å². The van der Waals surface area contributed by atoms with E-state index in [1.54, 1.807) is 0 Å². The van der Waals surface area contributed by atoms with E-state index in [0.717, 1.165) is 30.0 Å². The number of rotatable bonds is 2. The first-order chi connectivity index (χ1) is 7.20. The van der Waals surface area contributed by atoms with Crippen LogP contribution in [0.1, 0.15) is 21.7 Å². The molecule has 0 aromatic carbocycles. The van der Waals surface area contributed by atoms with E-state index in [0.29, 0.717) is 6.04 Å². The minimum atomic E-state index is 0.163. The highest BCUT2D eigenvalue weighted by molar-refractivity contribution is 7.12. The molecule has 4 heteroatoms. The first kappa shape index (κ1) is 10.6. The molecule has 1 aromatic heterocycles. The molecule has 1 N–H and O–H groups in total. The largest absolute Gasteiger partial charge is 0.337 e. The summed E-state index contributed by atoms with van der Waals surface area (Å²) in [6.07, 6.45) is 1.06. The number of nitrogens with one attached hydrogen (secondary N) is 1. The molecule has 3 nitrogen and oxygen atoms in total. The maximum Gasteiger partial charge on any atom is 0.264 e. The zero-order valence-electron chi connectivity index (χ0n) is 9.12. The number of thiophene rings is 1. The van der Waals surface area contributed by atoms with Crippen LogP contribution in [-0.2, 0) is 0 Å². The van der Waals surface area contributed by atoms with Crippen molar-refractivity contribution in [3.05, 3.63) is 21.9 Å². The van der Waals surface area contributed by atoms with E-state index in [4.69, 9.17) is 0 Å². The highest BCUT2D eigenvalue weighted by Crippen LogP contribution is 2.19. The van der Waals surface area contributed by atoms with Crippen LogP contribution in [0.15, 0.2) is 11.4 Å². The summed E-state index contributed by atoms with van der Waals surface area (Å²) >= 11 is 1.53. The van der Waals surface area contributed by atoms with Gasteiger partial charge in [-0.3, -0.25) is 4.79 Å². The first-order valence-corrected chi connectivity index (χ1v) is 6.10. The number of nitrogens with zero attached hydrogens (tertiary/aromatic N) is 1. The molecule has 2 rings (SSSR count). The normalized spacial score (nSPS) is 20.5. The lowest BCUT2D eigenvalue weighted by molar-refractivity contribution is 0.0748. The molecular weight excluding hydrogens is 208 g/mol. The molecule has 1 fully saturated rings. The Morgan fingerprint density at radius 1 is 1.67 bits per heavy atom. The van der Waals surface area contributed by atoms with E-state index >= 15 is 0 Å². The fourth-order valence-corrected chi connectivity index (χ4v) is 2.79. The van der Waals surface area contributed by atoms with Crippen molar-refractivity contribution in [2.75, 3.05) is 20.1 Å². The minimum Gasteiger partial charge on any atom is -0.337 e. The predicted molar refractivity (Wildman–Crippen MR) is 62.4 cm³/mol. The third kappa shape index (κ3) is 2.06. The smallest absolute Gasteiger partial charge is 0.264 e. The van der Waals surface area contributed by atoms with Crippen molar-refractivity contribution < 1.29 is 4.79 Å². The summed E-state index contributed by atoms with van der Waals surface area (Å²) < 4.78 is 0. The molecule has 1 atom stereocenters. The Balaban J connectivity index is 2.10. The van der Waals surface area contributed by atoms with Crippen molar-refractivity contribution in [3.8, 4) is 0 Å². The van der Waals surface area contributed by atoms with Gasteiger partial charge < -0.3 is 10.2 Å². The van der Waals surface area contributed by atoms with Gasteiger partial charge in [0.1, 0.15) is 0 Å². The van der Waals surface area contributed by atoms with Crippen molar-refractivity contribution in [1.82, 2.24) is 10.2 Å². The molecule has 0 saturated carbocycles. The number of hydrogen-bond acceptors (Lipinski definition) is 3. The van der Waals surface area contributed by atoms with E-state index in [1.807, 2.05) is 30.3 Å². The van der Waals surface area contributed by atoms with Crippen molar-refractivity contribution in [3.63, 3.8) is 0 Å². The first-order valence-electron chi connectivity index (χ1n) is 5.22. The molecule has 1 aliphatic heterocycles. The lowest BCUT2D eigenvalue weighted by atomic mass is 10.2. The summed E-state index contributed by atoms with van der Waals surface area (Å²) in [4.78, 5) is 14.9. The second kappa shape index (κ2) is 4.33. The summed E-state index contributed by atoms with van der Waals surface area (Å²) in [5.41, 5.74) is 1.09. The van der Waals surface area contributed by atoms with Gasteiger partial charge in [-0.05, 0) is 36.9 Å². The average molecular weight is 224 g/mol. The topological polar surface area (TPSA) is 32.3 Å². The van der Waals surface area contributed by atoms with Gasteiger partial charge in [-0.1, -0.05) is 0 Å². The highest BCUT2D eigenvalue weighted by Gasteiger charge is 2.25. The van der Waals surface area contributed by atoms with Crippen LogP contribution >= 0.6 is 11.3 Å². The molecule has 1 amide bonds. The van der Waals surface area contributed by atoms with Gasteiger partial charge >= 0.3 is 0 Å². The summed E-state index contributed by atoms with van der Waals surface area (Å²) in [5.74, 6) is 0.163. The lowest BCUT2D eigenvalue weighted by Gasteiger charge is -2.23. The van der Waals surface area contributed by atoms with Gasteiger partial charge in [0.05, 0.1) is 4.88 Å². The molecule has 2 heterocycles.